The third-order valence-corrected chi connectivity index (χ3v) is 3.99. The SMILES string of the molecule is CC[C@H](O)[C@H]1NC[C@H]2CC[C@@H]1N2C(=O)OC(C)(C)C. The van der Waals surface area contributed by atoms with E-state index in [9.17, 15) is 9.90 Å². The number of aliphatic hydroxyl groups excluding tert-OH is 1. The molecule has 0 saturated carbocycles. The first-order valence-electron chi connectivity index (χ1n) is 7.26. The van der Waals surface area contributed by atoms with Gasteiger partial charge < -0.3 is 15.2 Å². The van der Waals surface area contributed by atoms with Crippen molar-refractivity contribution in [1.29, 1.82) is 0 Å². The van der Waals surface area contributed by atoms with Crippen molar-refractivity contribution in [2.24, 2.45) is 0 Å². The average Bonchev–Trinajstić information content (AvgIpc) is 2.61. The largest absolute Gasteiger partial charge is 0.444 e. The fraction of sp³-hybridized carbons (Fsp3) is 0.929. The average molecular weight is 270 g/mol. The molecule has 110 valence electrons. The van der Waals surface area contributed by atoms with Crippen LogP contribution in [0.15, 0.2) is 0 Å². The first-order valence-corrected chi connectivity index (χ1v) is 7.26. The minimum atomic E-state index is -0.472. The molecule has 0 unspecified atom stereocenters. The van der Waals surface area contributed by atoms with Gasteiger partial charge in [0.2, 0.25) is 0 Å². The standard InChI is InChI=1S/C14H26N2O3/c1-5-11(17)12-10-7-6-9(8-15-12)16(10)13(18)19-14(2,3)4/h9-12,15,17H,5-8H2,1-4H3/t9-,10+,11+,12+/m1/s1. The van der Waals surface area contributed by atoms with Gasteiger partial charge in [0.1, 0.15) is 5.60 Å². The smallest absolute Gasteiger partial charge is 0.410 e. The van der Waals surface area contributed by atoms with Gasteiger partial charge in [0, 0.05) is 12.6 Å². The van der Waals surface area contributed by atoms with Crippen LogP contribution in [0.25, 0.3) is 0 Å². The van der Waals surface area contributed by atoms with E-state index in [1.807, 2.05) is 32.6 Å². The molecule has 2 aliphatic rings. The third-order valence-electron chi connectivity index (χ3n) is 3.99. The normalized spacial score (nSPS) is 32.3. The highest BCUT2D eigenvalue weighted by atomic mass is 16.6. The summed E-state index contributed by atoms with van der Waals surface area (Å²) in [5, 5.41) is 13.5. The number of aliphatic hydroxyl groups is 1. The zero-order valence-electron chi connectivity index (χ0n) is 12.3. The van der Waals surface area contributed by atoms with Crippen LogP contribution in [0.3, 0.4) is 0 Å². The minimum Gasteiger partial charge on any atom is -0.444 e. The van der Waals surface area contributed by atoms with Gasteiger partial charge in [0.05, 0.1) is 18.2 Å². The molecule has 1 amide bonds. The second-order valence-electron chi connectivity index (χ2n) is 6.60. The lowest BCUT2D eigenvalue weighted by Crippen LogP contribution is -2.63. The van der Waals surface area contributed by atoms with Crippen LogP contribution >= 0.6 is 0 Å². The van der Waals surface area contributed by atoms with Crippen molar-refractivity contribution >= 4 is 6.09 Å². The summed E-state index contributed by atoms with van der Waals surface area (Å²) in [5.74, 6) is 0. The Kier molecular flexibility index (Phi) is 4.06. The van der Waals surface area contributed by atoms with E-state index in [-0.39, 0.29) is 24.2 Å². The summed E-state index contributed by atoms with van der Waals surface area (Å²) in [7, 11) is 0. The molecule has 0 aromatic carbocycles. The molecular weight excluding hydrogens is 244 g/mol. The van der Waals surface area contributed by atoms with Crippen LogP contribution in [0, 0.1) is 0 Å². The van der Waals surface area contributed by atoms with Crippen LogP contribution < -0.4 is 5.32 Å². The number of hydrogen-bond acceptors (Lipinski definition) is 4. The van der Waals surface area contributed by atoms with Gasteiger partial charge in [-0.15, -0.1) is 0 Å². The Morgan fingerprint density at radius 3 is 2.74 bits per heavy atom. The first-order chi connectivity index (χ1) is 8.83. The number of hydrogen-bond donors (Lipinski definition) is 2. The van der Waals surface area contributed by atoms with Gasteiger partial charge in [0.25, 0.3) is 0 Å². The summed E-state index contributed by atoms with van der Waals surface area (Å²) in [6.45, 7) is 8.36. The van der Waals surface area contributed by atoms with E-state index in [2.05, 4.69) is 5.32 Å². The Balaban J connectivity index is 2.10. The number of carbonyl (C=O) groups is 1. The molecule has 0 spiro atoms. The lowest BCUT2D eigenvalue weighted by atomic mass is 9.98. The summed E-state index contributed by atoms with van der Waals surface area (Å²) in [6.07, 6.45) is 1.98. The molecule has 0 aromatic rings. The third kappa shape index (κ3) is 3.03. The Morgan fingerprint density at radius 1 is 1.47 bits per heavy atom. The summed E-state index contributed by atoms with van der Waals surface area (Å²) in [6, 6.07) is 0.236. The molecule has 0 radical (unpaired) electrons. The fourth-order valence-electron chi connectivity index (χ4n) is 3.12. The highest BCUT2D eigenvalue weighted by molar-refractivity contribution is 5.70. The molecule has 2 rings (SSSR count). The molecule has 2 bridgehead atoms. The molecule has 5 heteroatoms. The summed E-state index contributed by atoms with van der Waals surface area (Å²) in [5.41, 5.74) is -0.472. The van der Waals surface area contributed by atoms with Crippen LogP contribution in [0.5, 0.6) is 0 Å². The molecular formula is C14H26N2O3. The Labute approximate surface area is 115 Å². The summed E-state index contributed by atoms with van der Waals surface area (Å²) in [4.78, 5) is 14.2. The van der Waals surface area contributed by atoms with Crippen molar-refractivity contribution in [3.63, 3.8) is 0 Å². The monoisotopic (exact) mass is 270 g/mol. The zero-order valence-corrected chi connectivity index (χ0v) is 12.3. The van der Waals surface area contributed by atoms with Gasteiger partial charge >= 0.3 is 6.09 Å². The van der Waals surface area contributed by atoms with Crippen molar-refractivity contribution in [1.82, 2.24) is 10.2 Å². The Hall–Kier alpha value is -0.810. The zero-order chi connectivity index (χ0) is 14.2. The molecule has 5 nitrogen and oxygen atoms in total. The topological polar surface area (TPSA) is 61.8 Å². The predicted molar refractivity (Wildman–Crippen MR) is 73.0 cm³/mol. The van der Waals surface area contributed by atoms with E-state index in [0.29, 0.717) is 6.42 Å². The van der Waals surface area contributed by atoms with E-state index in [4.69, 9.17) is 4.74 Å². The molecule has 19 heavy (non-hydrogen) atoms. The Bertz CT molecular complexity index is 340. The maximum absolute atomic E-state index is 12.3. The quantitative estimate of drug-likeness (QED) is 0.798. The fourth-order valence-corrected chi connectivity index (χ4v) is 3.12. The number of piperazine rings is 1. The van der Waals surface area contributed by atoms with Gasteiger partial charge in [-0.05, 0) is 40.0 Å². The van der Waals surface area contributed by atoms with Crippen LogP contribution in [0.2, 0.25) is 0 Å². The lowest BCUT2D eigenvalue weighted by molar-refractivity contribution is -0.00968. The minimum absolute atomic E-state index is 0.0312. The van der Waals surface area contributed by atoms with Crippen LogP contribution in [-0.4, -0.2) is 52.5 Å². The second-order valence-corrected chi connectivity index (χ2v) is 6.60. The second kappa shape index (κ2) is 5.29. The predicted octanol–water partition coefficient (Wildman–Crippen LogP) is 1.50. The van der Waals surface area contributed by atoms with E-state index in [1.165, 1.54) is 0 Å². The van der Waals surface area contributed by atoms with Crippen molar-refractivity contribution < 1.29 is 14.6 Å². The maximum Gasteiger partial charge on any atom is 0.410 e. The number of nitrogens with one attached hydrogen (secondary N) is 1. The lowest BCUT2D eigenvalue weighted by Gasteiger charge is -2.42. The van der Waals surface area contributed by atoms with Crippen molar-refractivity contribution in [3.8, 4) is 0 Å². The van der Waals surface area contributed by atoms with Crippen LogP contribution in [0.1, 0.15) is 47.0 Å². The summed E-state index contributed by atoms with van der Waals surface area (Å²) >= 11 is 0. The number of carbonyl (C=O) groups excluding carboxylic acids is 1. The molecule has 2 saturated heterocycles. The number of fused-ring (bicyclic) bond motifs is 2. The molecule has 2 heterocycles. The molecule has 0 aliphatic carbocycles. The molecule has 0 aromatic heterocycles. The maximum atomic E-state index is 12.3. The van der Waals surface area contributed by atoms with Gasteiger partial charge in [0.15, 0.2) is 0 Å². The van der Waals surface area contributed by atoms with E-state index in [0.717, 1.165) is 19.4 Å². The van der Waals surface area contributed by atoms with Crippen LogP contribution in [0.4, 0.5) is 4.79 Å². The van der Waals surface area contributed by atoms with Gasteiger partial charge in [-0.25, -0.2) is 4.79 Å². The van der Waals surface area contributed by atoms with E-state index < -0.39 is 11.7 Å². The van der Waals surface area contributed by atoms with Crippen LogP contribution in [-0.2, 0) is 4.74 Å². The van der Waals surface area contributed by atoms with Gasteiger partial charge in [-0.1, -0.05) is 6.92 Å². The number of ether oxygens (including phenoxy) is 1. The Morgan fingerprint density at radius 2 is 2.16 bits per heavy atom. The van der Waals surface area contributed by atoms with Gasteiger partial charge in [-0.2, -0.15) is 0 Å². The van der Waals surface area contributed by atoms with E-state index in [1.54, 1.807) is 0 Å². The highest BCUT2D eigenvalue weighted by Gasteiger charge is 2.47. The molecule has 2 aliphatic heterocycles. The van der Waals surface area contributed by atoms with Gasteiger partial charge in [-0.3, -0.25) is 4.90 Å². The number of rotatable bonds is 2. The van der Waals surface area contributed by atoms with Crippen molar-refractivity contribution in [3.05, 3.63) is 0 Å². The molecule has 2 N–H and O–H groups in total. The molecule has 2 fully saturated rings. The van der Waals surface area contributed by atoms with Crippen molar-refractivity contribution in [2.45, 2.75) is 76.8 Å². The van der Waals surface area contributed by atoms with Crippen molar-refractivity contribution in [2.75, 3.05) is 6.54 Å². The first kappa shape index (κ1) is 14.6. The van der Waals surface area contributed by atoms with E-state index >= 15 is 0 Å². The number of nitrogens with zero attached hydrogens (tertiary/aromatic N) is 1. The molecule has 4 atom stereocenters. The highest BCUT2D eigenvalue weighted by Crippen LogP contribution is 2.32. The summed E-state index contributed by atoms with van der Waals surface area (Å²) < 4.78 is 5.50. The number of amides is 1.